The molecule has 0 bridgehead atoms. The van der Waals surface area contributed by atoms with Gasteiger partial charge in [-0.05, 0) is 60.9 Å². The SMILES string of the molecule is O=C1NCCC(Cc2cccc(NC(=O)C3CC3)c2)c2ccccc21. The minimum absolute atomic E-state index is 0.0172. The van der Waals surface area contributed by atoms with E-state index in [0.29, 0.717) is 12.5 Å². The summed E-state index contributed by atoms with van der Waals surface area (Å²) in [5, 5.41) is 5.99. The number of anilines is 1. The number of hydrogen-bond donors (Lipinski definition) is 2. The standard InChI is InChI=1S/C21H22N2O2/c24-20(15-8-9-15)23-17-5-3-4-14(13-17)12-16-10-11-22-21(25)19-7-2-1-6-18(16)19/h1-7,13,15-16H,8-12H2,(H,22,25)(H,23,24). The van der Waals surface area contributed by atoms with Crippen LogP contribution < -0.4 is 10.6 Å². The van der Waals surface area contributed by atoms with Crippen molar-refractivity contribution in [2.24, 2.45) is 5.92 Å². The van der Waals surface area contributed by atoms with Gasteiger partial charge < -0.3 is 10.6 Å². The quantitative estimate of drug-likeness (QED) is 0.899. The summed E-state index contributed by atoms with van der Waals surface area (Å²) in [6, 6.07) is 15.9. The Labute approximate surface area is 147 Å². The minimum Gasteiger partial charge on any atom is -0.352 e. The van der Waals surface area contributed by atoms with Gasteiger partial charge in [-0.3, -0.25) is 9.59 Å². The molecule has 1 aliphatic carbocycles. The van der Waals surface area contributed by atoms with Crippen LogP contribution in [0.2, 0.25) is 0 Å². The molecule has 1 heterocycles. The molecule has 2 aliphatic rings. The Morgan fingerprint density at radius 2 is 1.92 bits per heavy atom. The Balaban J connectivity index is 1.54. The highest BCUT2D eigenvalue weighted by atomic mass is 16.2. The number of fused-ring (bicyclic) bond motifs is 1. The molecule has 2 aromatic carbocycles. The number of benzene rings is 2. The van der Waals surface area contributed by atoms with Crippen LogP contribution in [0.4, 0.5) is 5.69 Å². The van der Waals surface area contributed by atoms with Crippen LogP contribution in [0.5, 0.6) is 0 Å². The van der Waals surface area contributed by atoms with Crippen LogP contribution in [-0.4, -0.2) is 18.4 Å². The van der Waals surface area contributed by atoms with E-state index in [1.807, 2.05) is 30.3 Å². The summed E-state index contributed by atoms with van der Waals surface area (Å²) in [5.41, 5.74) is 3.95. The highest BCUT2D eigenvalue weighted by Crippen LogP contribution is 2.31. The van der Waals surface area contributed by atoms with E-state index in [9.17, 15) is 9.59 Å². The zero-order chi connectivity index (χ0) is 17.2. The predicted octanol–water partition coefficient (Wildman–Crippen LogP) is 3.49. The maximum atomic E-state index is 12.2. The molecule has 128 valence electrons. The molecule has 1 saturated carbocycles. The van der Waals surface area contributed by atoms with Gasteiger partial charge in [0.25, 0.3) is 5.91 Å². The highest BCUT2D eigenvalue weighted by molar-refractivity contribution is 5.96. The smallest absolute Gasteiger partial charge is 0.251 e. The Bertz CT molecular complexity index is 811. The normalized spacial score (nSPS) is 19.5. The van der Waals surface area contributed by atoms with Gasteiger partial charge in [-0.2, -0.15) is 0 Å². The van der Waals surface area contributed by atoms with Crippen molar-refractivity contribution in [1.29, 1.82) is 0 Å². The molecule has 1 atom stereocenters. The molecule has 4 rings (SSSR count). The Morgan fingerprint density at radius 3 is 2.76 bits per heavy atom. The van der Waals surface area contributed by atoms with Crippen LogP contribution >= 0.6 is 0 Å². The van der Waals surface area contributed by atoms with Gasteiger partial charge in [0, 0.05) is 23.7 Å². The molecule has 0 saturated heterocycles. The first-order chi connectivity index (χ1) is 12.2. The third-order valence-electron chi connectivity index (χ3n) is 5.05. The van der Waals surface area contributed by atoms with Gasteiger partial charge in [-0.25, -0.2) is 0 Å². The lowest BCUT2D eigenvalue weighted by atomic mass is 9.87. The fraction of sp³-hybridized carbons (Fsp3) is 0.333. The van der Waals surface area contributed by atoms with Gasteiger partial charge in [0.15, 0.2) is 0 Å². The van der Waals surface area contributed by atoms with Crippen molar-refractivity contribution in [3.8, 4) is 0 Å². The second-order valence-electron chi connectivity index (χ2n) is 7.00. The van der Waals surface area contributed by atoms with Crippen LogP contribution in [0.25, 0.3) is 0 Å². The van der Waals surface area contributed by atoms with E-state index in [2.05, 4.69) is 28.8 Å². The van der Waals surface area contributed by atoms with E-state index in [1.54, 1.807) is 0 Å². The molecule has 1 aliphatic heterocycles. The largest absolute Gasteiger partial charge is 0.352 e. The Hall–Kier alpha value is -2.62. The first-order valence-corrected chi connectivity index (χ1v) is 8.97. The Morgan fingerprint density at radius 1 is 1.08 bits per heavy atom. The summed E-state index contributed by atoms with van der Waals surface area (Å²) >= 11 is 0. The minimum atomic E-state index is 0.0172. The fourth-order valence-electron chi connectivity index (χ4n) is 3.53. The van der Waals surface area contributed by atoms with Crippen LogP contribution in [0, 0.1) is 5.92 Å². The zero-order valence-electron chi connectivity index (χ0n) is 14.1. The first-order valence-electron chi connectivity index (χ1n) is 8.97. The van der Waals surface area contributed by atoms with Gasteiger partial charge in [0.2, 0.25) is 5.91 Å². The van der Waals surface area contributed by atoms with E-state index in [-0.39, 0.29) is 17.7 Å². The average molecular weight is 334 g/mol. The van der Waals surface area contributed by atoms with Crippen LogP contribution in [0.3, 0.4) is 0 Å². The van der Waals surface area contributed by atoms with Gasteiger partial charge >= 0.3 is 0 Å². The van der Waals surface area contributed by atoms with E-state index in [1.165, 1.54) is 5.56 Å². The molecule has 4 heteroatoms. The van der Waals surface area contributed by atoms with Crippen molar-refractivity contribution in [3.05, 3.63) is 65.2 Å². The highest BCUT2D eigenvalue weighted by Gasteiger charge is 2.29. The van der Waals surface area contributed by atoms with Gasteiger partial charge in [-0.15, -0.1) is 0 Å². The number of amides is 2. The van der Waals surface area contributed by atoms with Crippen molar-refractivity contribution in [2.45, 2.75) is 31.6 Å². The molecule has 2 amide bonds. The number of rotatable bonds is 4. The molecule has 1 fully saturated rings. The maximum Gasteiger partial charge on any atom is 0.251 e. The van der Waals surface area contributed by atoms with Crippen LogP contribution in [-0.2, 0) is 11.2 Å². The molecule has 1 unspecified atom stereocenters. The molecule has 0 spiro atoms. The number of hydrogen-bond acceptors (Lipinski definition) is 2. The maximum absolute atomic E-state index is 12.2. The van der Waals surface area contributed by atoms with Gasteiger partial charge in [-0.1, -0.05) is 30.3 Å². The topological polar surface area (TPSA) is 58.2 Å². The molecule has 2 aromatic rings. The molecular weight excluding hydrogens is 312 g/mol. The third-order valence-corrected chi connectivity index (χ3v) is 5.05. The van der Waals surface area contributed by atoms with Crippen molar-refractivity contribution in [2.75, 3.05) is 11.9 Å². The van der Waals surface area contributed by atoms with Gasteiger partial charge in [0.1, 0.15) is 0 Å². The van der Waals surface area contributed by atoms with Gasteiger partial charge in [0.05, 0.1) is 0 Å². The fourth-order valence-corrected chi connectivity index (χ4v) is 3.53. The molecule has 0 radical (unpaired) electrons. The summed E-state index contributed by atoms with van der Waals surface area (Å²) in [7, 11) is 0. The summed E-state index contributed by atoms with van der Waals surface area (Å²) in [6.45, 7) is 0.691. The molecule has 2 N–H and O–H groups in total. The summed E-state index contributed by atoms with van der Waals surface area (Å²) < 4.78 is 0. The summed E-state index contributed by atoms with van der Waals surface area (Å²) in [4.78, 5) is 24.2. The summed E-state index contributed by atoms with van der Waals surface area (Å²) in [5.74, 6) is 0.648. The molecule has 0 aromatic heterocycles. The number of nitrogens with one attached hydrogen (secondary N) is 2. The Kier molecular flexibility index (Phi) is 4.26. The number of carbonyl (C=O) groups excluding carboxylic acids is 2. The number of carbonyl (C=O) groups is 2. The van der Waals surface area contributed by atoms with Crippen molar-refractivity contribution in [1.82, 2.24) is 5.32 Å². The van der Waals surface area contributed by atoms with Crippen molar-refractivity contribution >= 4 is 17.5 Å². The second-order valence-corrected chi connectivity index (χ2v) is 7.00. The molecule has 25 heavy (non-hydrogen) atoms. The second kappa shape index (κ2) is 6.71. The predicted molar refractivity (Wildman–Crippen MR) is 97.6 cm³/mol. The molecule has 4 nitrogen and oxygen atoms in total. The lowest BCUT2D eigenvalue weighted by Crippen LogP contribution is -2.22. The first kappa shape index (κ1) is 15.9. The summed E-state index contributed by atoms with van der Waals surface area (Å²) in [6.07, 6.45) is 3.79. The molecular formula is C21H22N2O2. The van der Waals surface area contributed by atoms with E-state index >= 15 is 0 Å². The van der Waals surface area contributed by atoms with Crippen LogP contribution in [0.1, 0.15) is 46.7 Å². The van der Waals surface area contributed by atoms with E-state index in [0.717, 1.165) is 42.5 Å². The van der Waals surface area contributed by atoms with E-state index in [4.69, 9.17) is 0 Å². The zero-order valence-corrected chi connectivity index (χ0v) is 14.1. The van der Waals surface area contributed by atoms with Crippen molar-refractivity contribution in [3.63, 3.8) is 0 Å². The van der Waals surface area contributed by atoms with Crippen LogP contribution in [0.15, 0.2) is 48.5 Å². The van der Waals surface area contributed by atoms with Crippen molar-refractivity contribution < 1.29 is 9.59 Å². The lowest BCUT2D eigenvalue weighted by Gasteiger charge is -2.17. The monoisotopic (exact) mass is 334 g/mol. The lowest BCUT2D eigenvalue weighted by molar-refractivity contribution is -0.117. The average Bonchev–Trinajstić information content (AvgIpc) is 3.46. The third kappa shape index (κ3) is 3.58. The van der Waals surface area contributed by atoms with E-state index < -0.39 is 0 Å².